The fourth-order valence-electron chi connectivity index (χ4n) is 2.44. The van der Waals surface area contributed by atoms with Crippen molar-refractivity contribution in [3.8, 4) is 5.69 Å². The molecule has 0 aliphatic rings. The standard InChI is InChI=1S/C17H17ClN4O2S/c1-10-14-9-15(16(24)20-7-6-19-11(2)23)25-17(14)22(21-10)13-5-3-4-12(18)8-13/h3-5,8-9H,6-7H2,1-2H3,(H,19,23)(H,20,24). The Balaban J connectivity index is 1.84. The van der Waals surface area contributed by atoms with E-state index >= 15 is 0 Å². The van der Waals surface area contributed by atoms with E-state index in [1.165, 1.54) is 18.3 Å². The molecule has 0 saturated carbocycles. The van der Waals surface area contributed by atoms with Crippen molar-refractivity contribution in [3.63, 3.8) is 0 Å². The van der Waals surface area contributed by atoms with Gasteiger partial charge >= 0.3 is 0 Å². The molecule has 0 spiro atoms. The largest absolute Gasteiger partial charge is 0.355 e. The predicted molar refractivity (Wildman–Crippen MR) is 99.7 cm³/mol. The number of aryl methyl sites for hydroxylation is 1. The summed E-state index contributed by atoms with van der Waals surface area (Å²) >= 11 is 7.45. The van der Waals surface area contributed by atoms with Crippen molar-refractivity contribution < 1.29 is 9.59 Å². The number of hydrogen-bond donors (Lipinski definition) is 2. The van der Waals surface area contributed by atoms with Gasteiger partial charge in [0.15, 0.2) is 0 Å². The maximum atomic E-state index is 12.3. The smallest absolute Gasteiger partial charge is 0.261 e. The molecule has 8 heteroatoms. The first-order valence-corrected chi connectivity index (χ1v) is 8.93. The van der Waals surface area contributed by atoms with E-state index in [-0.39, 0.29) is 11.8 Å². The minimum atomic E-state index is -0.163. The van der Waals surface area contributed by atoms with Crippen molar-refractivity contribution in [3.05, 3.63) is 45.9 Å². The van der Waals surface area contributed by atoms with E-state index in [0.717, 1.165) is 21.6 Å². The fraction of sp³-hybridized carbons (Fsp3) is 0.235. The number of carbonyl (C=O) groups is 2. The van der Waals surface area contributed by atoms with Gasteiger partial charge in [-0.2, -0.15) is 5.10 Å². The second-order valence-corrected chi connectivity index (χ2v) is 7.01. The highest BCUT2D eigenvalue weighted by molar-refractivity contribution is 7.20. The van der Waals surface area contributed by atoms with E-state index in [9.17, 15) is 9.59 Å². The molecule has 0 bridgehead atoms. The maximum Gasteiger partial charge on any atom is 0.261 e. The summed E-state index contributed by atoms with van der Waals surface area (Å²) in [6, 6.07) is 9.27. The summed E-state index contributed by atoms with van der Waals surface area (Å²) in [7, 11) is 0. The average Bonchev–Trinajstić information content (AvgIpc) is 3.12. The molecule has 0 atom stereocenters. The van der Waals surface area contributed by atoms with Crippen LogP contribution >= 0.6 is 22.9 Å². The van der Waals surface area contributed by atoms with Crippen molar-refractivity contribution in [2.24, 2.45) is 0 Å². The Kier molecular flexibility index (Phi) is 5.06. The average molecular weight is 377 g/mol. The Bertz CT molecular complexity index is 947. The molecule has 0 aliphatic carbocycles. The minimum Gasteiger partial charge on any atom is -0.355 e. The number of halogens is 1. The first-order chi connectivity index (χ1) is 12.0. The lowest BCUT2D eigenvalue weighted by molar-refractivity contribution is -0.118. The number of thiophene rings is 1. The zero-order valence-corrected chi connectivity index (χ0v) is 15.4. The molecule has 0 unspecified atom stereocenters. The molecule has 6 nitrogen and oxygen atoms in total. The van der Waals surface area contributed by atoms with Crippen molar-refractivity contribution in [1.82, 2.24) is 20.4 Å². The minimum absolute atomic E-state index is 0.117. The molecular weight excluding hydrogens is 360 g/mol. The zero-order chi connectivity index (χ0) is 18.0. The lowest BCUT2D eigenvalue weighted by Gasteiger charge is -2.04. The summed E-state index contributed by atoms with van der Waals surface area (Å²) in [4.78, 5) is 24.6. The molecule has 3 rings (SSSR count). The Hall–Kier alpha value is -2.38. The third kappa shape index (κ3) is 3.83. The Morgan fingerprint density at radius 1 is 1.24 bits per heavy atom. The molecule has 2 aromatic heterocycles. The molecule has 0 radical (unpaired) electrons. The highest BCUT2D eigenvalue weighted by Crippen LogP contribution is 2.30. The summed E-state index contributed by atoms with van der Waals surface area (Å²) in [6.07, 6.45) is 0. The topological polar surface area (TPSA) is 76.0 Å². The lowest BCUT2D eigenvalue weighted by Crippen LogP contribution is -2.33. The van der Waals surface area contributed by atoms with Crippen molar-refractivity contribution in [2.45, 2.75) is 13.8 Å². The van der Waals surface area contributed by atoms with Crippen LogP contribution < -0.4 is 10.6 Å². The number of benzene rings is 1. The predicted octanol–water partition coefficient (Wildman–Crippen LogP) is 2.91. The van der Waals surface area contributed by atoms with Crippen LogP contribution in [0.3, 0.4) is 0 Å². The summed E-state index contributed by atoms with van der Waals surface area (Å²) in [5, 5.41) is 11.6. The number of carbonyl (C=O) groups excluding carboxylic acids is 2. The maximum absolute atomic E-state index is 12.3. The molecule has 3 aromatic rings. The van der Waals surface area contributed by atoms with E-state index < -0.39 is 0 Å². The van der Waals surface area contributed by atoms with E-state index in [2.05, 4.69) is 15.7 Å². The van der Waals surface area contributed by atoms with Crippen LogP contribution in [-0.2, 0) is 4.79 Å². The van der Waals surface area contributed by atoms with Gasteiger partial charge in [0.05, 0.1) is 16.3 Å². The Morgan fingerprint density at radius 2 is 2.00 bits per heavy atom. The first-order valence-electron chi connectivity index (χ1n) is 7.73. The number of hydrogen-bond acceptors (Lipinski definition) is 4. The summed E-state index contributed by atoms with van der Waals surface area (Å²) < 4.78 is 1.80. The van der Waals surface area contributed by atoms with Gasteiger partial charge in [0.1, 0.15) is 4.83 Å². The van der Waals surface area contributed by atoms with Crippen LogP contribution in [0.2, 0.25) is 5.02 Å². The number of nitrogens with zero attached hydrogens (tertiary/aromatic N) is 2. The highest BCUT2D eigenvalue weighted by Gasteiger charge is 2.17. The quantitative estimate of drug-likeness (QED) is 0.672. The molecular formula is C17H17ClN4O2S. The third-order valence-corrected chi connectivity index (χ3v) is 4.95. The highest BCUT2D eigenvalue weighted by atomic mass is 35.5. The van der Waals surface area contributed by atoms with E-state index in [0.29, 0.717) is 23.0 Å². The van der Waals surface area contributed by atoms with E-state index in [4.69, 9.17) is 11.6 Å². The van der Waals surface area contributed by atoms with Crippen molar-refractivity contribution in [2.75, 3.05) is 13.1 Å². The molecule has 0 aliphatic heterocycles. The summed E-state index contributed by atoms with van der Waals surface area (Å²) in [6.45, 7) is 4.14. The van der Waals surface area contributed by atoms with Crippen molar-refractivity contribution in [1.29, 1.82) is 0 Å². The van der Waals surface area contributed by atoms with Gasteiger partial charge in [-0.05, 0) is 31.2 Å². The number of nitrogens with one attached hydrogen (secondary N) is 2. The molecule has 2 amide bonds. The van der Waals surface area contributed by atoms with Gasteiger partial charge in [-0.3, -0.25) is 9.59 Å². The SMILES string of the molecule is CC(=O)NCCNC(=O)c1cc2c(C)nn(-c3cccc(Cl)c3)c2s1. The lowest BCUT2D eigenvalue weighted by atomic mass is 10.3. The van der Waals surface area contributed by atoms with Crippen LogP contribution in [0.5, 0.6) is 0 Å². The fourth-order valence-corrected chi connectivity index (χ4v) is 3.73. The number of rotatable bonds is 5. The van der Waals surface area contributed by atoms with Gasteiger partial charge in [-0.1, -0.05) is 17.7 Å². The second-order valence-electron chi connectivity index (χ2n) is 5.55. The normalized spacial score (nSPS) is 10.8. The van der Waals surface area contributed by atoms with Gasteiger partial charge in [0.2, 0.25) is 5.91 Å². The van der Waals surface area contributed by atoms with Gasteiger partial charge in [-0.15, -0.1) is 11.3 Å². The second kappa shape index (κ2) is 7.25. The van der Waals surface area contributed by atoms with Gasteiger partial charge in [0.25, 0.3) is 5.91 Å². The number of aromatic nitrogens is 2. The zero-order valence-electron chi connectivity index (χ0n) is 13.8. The van der Waals surface area contributed by atoms with Crippen molar-refractivity contribution >= 4 is 45.0 Å². The summed E-state index contributed by atoms with van der Waals surface area (Å²) in [5.74, 6) is -0.281. The van der Waals surface area contributed by atoms with Crippen LogP contribution in [0, 0.1) is 6.92 Å². The number of amides is 2. The third-order valence-electron chi connectivity index (χ3n) is 3.61. The van der Waals surface area contributed by atoms with Gasteiger partial charge in [0, 0.05) is 30.4 Å². The van der Waals surface area contributed by atoms with Crippen LogP contribution in [0.4, 0.5) is 0 Å². The molecule has 1 aromatic carbocycles. The van der Waals surface area contributed by atoms with Crippen LogP contribution in [-0.4, -0.2) is 34.7 Å². The van der Waals surface area contributed by atoms with Crippen LogP contribution in [0.25, 0.3) is 15.9 Å². The van der Waals surface area contributed by atoms with Crippen LogP contribution in [0.15, 0.2) is 30.3 Å². The molecule has 25 heavy (non-hydrogen) atoms. The number of fused-ring (bicyclic) bond motifs is 1. The molecule has 0 fully saturated rings. The van der Waals surface area contributed by atoms with E-state index in [1.54, 1.807) is 10.7 Å². The molecule has 2 N–H and O–H groups in total. The van der Waals surface area contributed by atoms with E-state index in [1.807, 2.05) is 31.2 Å². The molecule has 0 saturated heterocycles. The monoisotopic (exact) mass is 376 g/mol. The summed E-state index contributed by atoms with van der Waals surface area (Å²) in [5.41, 5.74) is 1.70. The molecule has 2 heterocycles. The Labute approximate surface area is 153 Å². The first kappa shape index (κ1) is 17.4. The molecule has 130 valence electrons. The van der Waals surface area contributed by atoms with Gasteiger partial charge < -0.3 is 10.6 Å². The van der Waals surface area contributed by atoms with Gasteiger partial charge in [-0.25, -0.2) is 4.68 Å². The Morgan fingerprint density at radius 3 is 2.72 bits per heavy atom. The van der Waals surface area contributed by atoms with Crippen LogP contribution in [0.1, 0.15) is 22.3 Å².